The third-order valence-electron chi connectivity index (χ3n) is 2.78. The van der Waals surface area contributed by atoms with Crippen molar-refractivity contribution in [2.45, 2.75) is 19.4 Å². The van der Waals surface area contributed by atoms with Crippen molar-refractivity contribution in [2.24, 2.45) is 5.73 Å². The third-order valence-corrected chi connectivity index (χ3v) is 4.32. The highest BCUT2D eigenvalue weighted by Gasteiger charge is 2.21. The molecule has 0 spiro atoms. The maximum Gasteiger partial charge on any atom is 0.320 e. The van der Waals surface area contributed by atoms with Gasteiger partial charge < -0.3 is 15.2 Å². The highest BCUT2D eigenvalue weighted by molar-refractivity contribution is 7.92. The molecule has 1 aromatic carbocycles. The van der Waals surface area contributed by atoms with Crippen LogP contribution in [0.5, 0.6) is 5.75 Å². The topological polar surface area (TPSA) is 95.7 Å². The quantitative estimate of drug-likeness (QED) is 0.721. The summed E-state index contributed by atoms with van der Waals surface area (Å²) in [5, 5.41) is 0. The van der Waals surface area contributed by atoms with Crippen LogP contribution in [-0.4, -0.2) is 39.6 Å². The average molecular weight is 315 g/mol. The summed E-state index contributed by atoms with van der Waals surface area (Å²) >= 11 is 0. The molecule has 118 valence electrons. The lowest BCUT2D eigenvalue weighted by molar-refractivity contribution is -0.137. The summed E-state index contributed by atoms with van der Waals surface area (Å²) in [4.78, 5) is 11.0. The first-order chi connectivity index (χ1) is 9.88. The molecule has 0 heterocycles. The zero-order chi connectivity index (χ0) is 15.9. The molecule has 0 aliphatic carbocycles. The minimum atomic E-state index is -3.60. The number of nitrogens with two attached hydrogens (primary N) is 1. The van der Waals surface area contributed by atoms with Gasteiger partial charge in [0.1, 0.15) is 11.5 Å². The van der Waals surface area contributed by atoms with Crippen LogP contribution >= 0.6 is 0 Å². The Hall–Kier alpha value is -1.60. The van der Waals surface area contributed by atoms with E-state index in [2.05, 4.69) is 4.74 Å². The summed E-state index contributed by atoms with van der Waals surface area (Å²) in [6, 6.07) is 6.25. The summed E-state index contributed by atoms with van der Waals surface area (Å²) in [6.07, 6.45) is 0.910. The van der Waals surface area contributed by atoms with Crippen molar-refractivity contribution in [1.82, 2.24) is 0 Å². The predicted molar refractivity (Wildman–Crippen MR) is 79.8 cm³/mol. The molecule has 1 atom stereocenters. The van der Waals surface area contributed by atoms with Crippen LogP contribution in [0.2, 0.25) is 0 Å². The molecular formula is C14H21NO5S. The lowest BCUT2D eigenvalue weighted by atomic mass is 10.1. The number of sulfone groups is 1. The molecule has 0 aromatic heterocycles. The number of ether oxygens (including phenoxy) is 2. The molecule has 0 aliphatic heterocycles. The monoisotopic (exact) mass is 315 g/mol. The summed E-state index contributed by atoms with van der Waals surface area (Å²) in [5.41, 5.74) is 6.55. The van der Waals surface area contributed by atoms with Gasteiger partial charge in [-0.05, 0) is 24.1 Å². The van der Waals surface area contributed by atoms with Crippen molar-refractivity contribution in [3.05, 3.63) is 29.8 Å². The average Bonchev–Trinajstić information content (AvgIpc) is 2.44. The first-order valence-electron chi connectivity index (χ1n) is 6.63. The first-order valence-corrected chi connectivity index (χ1v) is 8.45. The van der Waals surface area contributed by atoms with Crippen LogP contribution in [-0.2, 0) is 19.4 Å². The minimum Gasteiger partial charge on any atom is -0.494 e. The molecule has 1 rings (SSSR count). The number of carbonyl (C=O) groups excluding carboxylic acids is 1. The van der Waals surface area contributed by atoms with Crippen molar-refractivity contribution in [1.29, 1.82) is 0 Å². The highest BCUT2D eigenvalue weighted by Crippen LogP contribution is 2.18. The third kappa shape index (κ3) is 6.14. The fourth-order valence-electron chi connectivity index (χ4n) is 1.70. The Morgan fingerprint density at radius 3 is 2.43 bits per heavy atom. The zero-order valence-corrected chi connectivity index (χ0v) is 13.1. The predicted octanol–water partition coefficient (Wildman–Crippen LogP) is 1.06. The van der Waals surface area contributed by atoms with Crippen molar-refractivity contribution in [3.63, 3.8) is 0 Å². The van der Waals surface area contributed by atoms with E-state index in [1.807, 2.05) is 6.92 Å². The smallest absolute Gasteiger partial charge is 0.320 e. The number of esters is 1. The van der Waals surface area contributed by atoms with E-state index in [9.17, 15) is 13.2 Å². The largest absolute Gasteiger partial charge is 0.494 e. The summed E-state index contributed by atoms with van der Waals surface area (Å²) < 4.78 is 33.4. The van der Waals surface area contributed by atoms with E-state index in [0.29, 0.717) is 17.9 Å². The lowest BCUT2D eigenvalue weighted by Crippen LogP contribution is -2.27. The number of hydrogen-bond acceptors (Lipinski definition) is 6. The molecule has 0 radical (unpaired) electrons. The van der Waals surface area contributed by atoms with Crippen molar-refractivity contribution < 1.29 is 22.7 Å². The first kappa shape index (κ1) is 17.5. The molecule has 6 nitrogen and oxygen atoms in total. The second kappa shape index (κ2) is 7.99. The van der Waals surface area contributed by atoms with Crippen LogP contribution in [0, 0.1) is 0 Å². The van der Waals surface area contributed by atoms with Crippen LogP contribution in [0.25, 0.3) is 0 Å². The van der Waals surface area contributed by atoms with Crippen LogP contribution in [0.3, 0.4) is 0 Å². The highest BCUT2D eigenvalue weighted by atomic mass is 32.2. The molecule has 7 heteroatoms. The Labute approximate surface area is 125 Å². The van der Waals surface area contributed by atoms with Gasteiger partial charge in [-0.1, -0.05) is 19.1 Å². The molecule has 0 aliphatic rings. The molecule has 0 bridgehead atoms. The van der Waals surface area contributed by atoms with Crippen LogP contribution < -0.4 is 10.5 Å². The van der Waals surface area contributed by atoms with Gasteiger partial charge in [0.25, 0.3) is 0 Å². The minimum absolute atomic E-state index is 0.308. The van der Waals surface area contributed by atoms with Crippen molar-refractivity contribution in [3.8, 4) is 5.75 Å². The summed E-state index contributed by atoms with van der Waals surface area (Å²) in [7, 11) is -2.45. The van der Waals surface area contributed by atoms with Crippen LogP contribution in [0.1, 0.15) is 24.9 Å². The molecular weight excluding hydrogens is 294 g/mol. The normalized spacial score (nSPS) is 12.7. The van der Waals surface area contributed by atoms with E-state index in [-0.39, 0.29) is 5.75 Å². The Morgan fingerprint density at radius 2 is 1.90 bits per heavy atom. The Kier molecular flexibility index (Phi) is 6.64. The van der Waals surface area contributed by atoms with Gasteiger partial charge in [0.2, 0.25) is 0 Å². The molecule has 0 saturated carbocycles. The number of methoxy groups -OCH3 is 1. The molecule has 0 saturated heterocycles. The maximum atomic E-state index is 11.8. The van der Waals surface area contributed by atoms with Gasteiger partial charge in [-0.3, -0.25) is 4.79 Å². The second-order valence-electron chi connectivity index (χ2n) is 4.65. The molecule has 2 N–H and O–H groups in total. The standard InChI is InChI=1S/C14H21NO5S/c1-3-8-20-12-6-4-11(5-7-12)13(15)9-21(17,18)10-14(16)19-2/h4-7,13H,3,8-10,15H2,1-2H3. The van der Waals surface area contributed by atoms with E-state index in [4.69, 9.17) is 10.5 Å². The fourth-order valence-corrected chi connectivity index (χ4v) is 3.03. The van der Waals surface area contributed by atoms with Gasteiger partial charge in [0.05, 0.1) is 19.5 Å². The van der Waals surface area contributed by atoms with E-state index in [1.165, 1.54) is 0 Å². The molecule has 0 fully saturated rings. The van der Waals surface area contributed by atoms with Gasteiger partial charge in [-0.2, -0.15) is 0 Å². The summed E-state index contributed by atoms with van der Waals surface area (Å²) in [6.45, 7) is 2.63. The van der Waals surface area contributed by atoms with E-state index in [0.717, 1.165) is 13.5 Å². The van der Waals surface area contributed by atoms with Gasteiger partial charge >= 0.3 is 5.97 Å². The van der Waals surface area contributed by atoms with Gasteiger partial charge in [0.15, 0.2) is 9.84 Å². The van der Waals surface area contributed by atoms with Gasteiger partial charge in [0, 0.05) is 6.04 Å². The molecule has 1 aromatic rings. The fraction of sp³-hybridized carbons (Fsp3) is 0.500. The lowest BCUT2D eigenvalue weighted by Gasteiger charge is -2.13. The number of rotatable bonds is 8. The van der Waals surface area contributed by atoms with E-state index < -0.39 is 27.6 Å². The number of benzene rings is 1. The summed E-state index contributed by atoms with van der Waals surface area (Å²) in [5.74, 6) is -1.04. The molecule has 1 unspecified atom stereocenters. The number of carbonyl (C=O) groups is 1. The Morgan fingerprint density at radius 1 is 1.29 bits per heavy atom. The SMILES string of the molecule is CCCOc1ccc(C(N)CS(=O)(=O)CC(=O)OC)cc1. The number of hydrogen-bond donors (Lipinski definition) is 1. The van der Waals surface area contributed by atoms with E-state index in [1.54, 1.807) is 24.3 Å². The Balaban J connectivity index is 2.66. The van der Waals surface area contributed by atoms with Crippen LogP contribution in [0.15, 0.2) is 24.3 Å². The van der Waals surface area contributed by atoms with Gasteiger partial charge in [-0.25, -0.2) is 8.42 Å². The molecule has 0 amide bonds. The van der Waals surface area contributed by atoms with Crippen molar-refractivity contribution in [2.75, 3.05) is 25.2 Å². The maximum absolute atomic E-state index is 11.8. The van der Waals surface area contributed by atoms with Crippen molar-refractivity contribution >= 4 is 15.8 Å². The van der Waals surface area contributed by atoms with Gasteiger partial charge in [-0.15, -0.1) is 0 Å². The zero-order valence-electron chi connectivity index (χ0n) is 12.2. The molecule has 21 heavy (non-hydrogen) atoms. The Bertz CT molecular complexity index is 553. The second-order valence-corrected chi connectivity index (χ2v) is 6.76. The van der Waals surface area contributed by atoms with E-state index >= 15 is 0 Å². The van der Waals surface area contributed by atoms with Crippen LogP contribution in [0.4, 0.5) is 0 Å².